The van der Waals surface area contributed by atoms with Gasteiger partial charge in [-0.05, 0) is 49.6 Å². The number of aromatic nitrogens is 3. The van der Waals surface area contributed by atoms with E-state index in [9.17, 15) is 9.59 Å². The average Bonchev–Trinajstić information content (AvgIpc) is 2.87. The Hall–Kier alpha value is -3.13. The lowest BCUT2D eigenvalue weighted by Gasteiger charge is -2.40. The minimum atomic E-state index is -0.150. The second-order valence-electron chi connectivity index (χ2n) is 9.15. The van der Waals surface area contributed by atoms with Crippen molar-refractivity contribution >= 4 is 40.2 Å². The molecule has 2 aliphatic rings. The summed E-state index contributed by atoms with van der Waals surface area (Å²) in [6.07, 6.45) is 3.11. The number of fused-ring (bicyclic) bond motifs is 1. The number of hydrogen-bond acceptors (Lipinski definition) is 6. The van der Waals surface area contributed by atoms with E-state index in [2.05, 4.69) is 21.8 Å². The summed E-state index contributed by atoms with van der Waals surface area (Å²) in [5.74, 6) is 0.659. The molecule has 0 spiro atoms. The van der Waals surface area contributed by atoms with E-state index < -0.39 is 0 Å². The lowest BCUT2D eigenvalue weighted by molar-refractivity contribution is -0.136. The SMILES string of the molecule is Cc1ccc(Cl)cc1N1CCN(C(=O)C2CCN(c3nc4cccnc4n(C)c3=O)CC2)CC1. The van der Waals surface area contributed by atoms with Crippen molar-refractivity contribution in [2.75, 3.05) is 49.1 Å². The van der Waals surface area contributed by atoms with Gasteiger partial charge < -0.3 is 14.7 Å². The van der Waals surface area contributed by atoms with Gasteiger partial charge in [-0.1, -0.05) is 17.7 Å². The minimum Gasteiger partial charge on any atom is -0.368 e. The Balaban J connectivity index is 1.21. The molecule has 0 unspecified atom stereocenters. The number of piperidine rings is 1. The van der Waals surface area contributed by atoms with Crippen LogP contribution in [0.4, 0.5) is 11.5 Å². The quantitative estimate of drug-likeness (QED) is 0.574. The number of halogens is 1. The largest absolute Gasteiger partial charge is 0.368 e. The number of nitrogens with zero attached hydrogens (tertiary/aromatic N) is 6. The lowest BCUT2D eigenvalue weighted by Crippen LogP contribution is -2.52. The number of carbonyl (C=O) groups excluding carboxylic acids is 1. The number of pyridine rings is 1. The third-order valence-electron chi connectivity index (χ3n) is 7.05. The molecular formula is C25H29ClN6O2. The van der Waals surface area contributed by atoms with Crippen LogP contribution in [0.25, 0.3) is 11.2 Å². The molecule has 2 aliphatic heterocycles. The molecule has 0 N–H and O–H groups in total. The second kappa shape index (κ2) is 9.25. The Kier molecular flexibility index (Phi) is 6.16. The zero-order valence-electron chi connectivity index (χ0n) is 19.6. The molecule has 2 saturated heterocycles. The predicted molar refractivity (Wildman–Crippen MR) is 135 cm³/mol. The van der Waals surface area contributed by atoms with E-state index in [0.29, 0.717) is 43.2 Å². The number of benzene rings is 1. The van der Waals surface area contributed by atoms with Crippen LogP contribution >= 0.6 is 11.6 Å². The molecular weight excluding hydrogens is 452 g/mol. The summed E-state index contributed by atoms with van der Waals surface area (Å²) in [4.78, 5) is 41.3. The van der Waals surface area contributed by atoms with Crippen molar-refractivity contribution in [2.45, 2.75) is 19.8 Å². The third kappa shape index (κ3) is 4.22. The number of amides is 1. The molecule has 9 heteroatoms. The van der Waals surface area contributed by atoms with Crippen LogP contribution in [0.1, 0.15) is 18.4 Å². The van der Waals surface area contributed by atoms with Gasteiger partial charge in [-0.25, -0.2) is 9.97 Å². The van der Waals surface area contributed by atoms with Crippen molar-refractivity contribution in [3.63, 3.8) is 0 Å². The molecule has 0 radical (unpaired) electrons. The second-order valence-corrected chi connectivity index (χ2v) is 9.59. The molecule has 5 rings (SSSR count). The van der Waals surface area contributed by atoms with Crippen LogP contribution in [-0.4, -0.2) is 64.6 Å². The summed E-state index contributed by atoms with van der Waals surface area (Å²) in [6, 6.07) is 9.64. The van der Waals surface area contributed by atoms with Gasteiger partial charge in [0.05, 0.1) is 0 Å². The van der Waals surface area contributed by atoms with E-state index in [-0.39, 0.29) is 17.4 Å². The van der Waals surface area contributed by atoms with Gasteiger partial charge in [0.15, 0.2) is 11.5 Å². The molecule has 8 nitrogen and oxygen atoms in total. The van der Waals surface area contributed by atoms with Gasteiger partial charge in [0, 0.05) is 69.1 Å². The Labute approximate surface area is 203 Å². The molecule has 0 saturated carbocycles. The van der Waals surface area contributed by atoms with Crippen molar-refractivity contribution in [1.29, 1.82) is 0 Å². The number of piperazine rings is 1. The van der Waals surface area contributed by atoms with E-state index in [1.54, 1.807) is 17.8 Å². The lowest BCUT2D eigenvalue weighted by atomic mass is 9.95. The van der Waals surface area contributed by atoms with E-state index in [1.165, 1.54) is 5.56 Å². The highest BCUT2D eigenvalue weighted by Gasteiger charge is 2.32. The van der Waals surface area contributed by atoms with Crippen LogP contribution in [0.2, 0.25) is 5.02 Å². The first-order valence-corrected chi connectivity index (χ1v) is 12.2. The van der Waals surface area contributed by atoms with Crippen molar-refractivity contribution in [3.05, 3.63) is 57.5 Å². The van der Waals surface area contributed by atoms with Crippen molar-refractivity contribution < 1.29 is 4.79 Å². The standard InChI is InChI=1S/C25H29ClN6O2/c1-17-5-6-19(26)16-21(17)30-12-14-32(15-13-30)24(33)18-7-10-31(11-8-18)23-25(34)29(2)22-20(28-23)4-3-9-27-22/h3-6,9,16,18H,7-8,10-15H2,1-2H3. The highest BCUT2D eigenvalue weighted by atomic mass is 35.5. The minimum absolute atomic E-state index is 0.0123. The zero-order chi connectivity index (χ0) is 23.8. The first-order chi connectivity index (χ1) is 16.4. The Morgan fingerprint density at radius 3 is 2.50 bits per heavy atom. The fourth-order valence-electron chi connectivity index (χ4n) is 5.04. The van der Waals surface area contributed by atoms with Gasteiger partial charge in [0.1, 0.15) is 5.52 Å². The molecule has 3 aromatic rings. The number of carbonyl (C=O) groups is 1. The maximum atomic E-state index is 13.2. The first-order valence-electron chi connectivity index (χ1n) is 11.8. The number of aryl methyl sites for hydroxylation is 2. The molecule has 4 heterocycles. The van der Waals surface area contributed by atoms with Gasteiger partial charge in [-0.15, -0.1) is 0 Å². The molecule has 2 aromatic heterocycles. The Bertz CT molecular complexity index is 1280. The first kappa shape index (κ1) is 22.7. The van der Waals surface area contributed by atoms with Crippen molar-refractivity contribution in [2.24, 2.45) is 13.0 Å². The fraction of sp³-hybridized carbons (Fsp3) is 0.440. The van der Waals surface area contributed by atoms with Gasteiger partial charge in [0.25, 0.3) is 5.56 Å². The van der Waals surface area contributed by atoms with Gasteiger partial charge in [-0.3, -0.25) is 14.2 Å². The van der Waals surface area contributed by atoms with Gasteiger partial charge in [-0.2, -0.15) is 0 Å². The molecule has 2 fully saturated rings. The van der Waals surface area contributed by atoms with Crippen LogP contribution in [0.5, 0.6) is 0 Å². The van der Waals surface area contributed by atoms with E-state index in [4.69, 9.17) is 11.6 Å². The summed E-state index contributed by atoms with van der Waals surface area (Å²) in [6.45, 7) is 6.41. The normalized spacial score (nSPS) is 17.4. The molecule has 1 amide bonds. The van der Waals surface area contributed by atoms with E-state index in [1.807, 2.05) is 40.1 Å². The molecule has 178 valence electrons. The average molecular weight is 481 g/mol. The van der Waals surface area contributed by atoms with Crippen molar-refractivity contribution in [3.8, 4) is 0 Å². The van der Waals surface area contributed by atoms with Crippen molar-refractivity contribution in [1.82, 2.24) is 19.4 Å². The molecule has 0 bridgehead atoms. The van der Waals surface area contributed by atoms with E-state index in [0.717, 1.165) is 36.6 Å². The number of hydrogen-bond donors (Lipinski definition) is 0. The molecule has 1 aromatic carbocycles. The summed E-state index contributed by atoms with van der Waals surface area (Å²) < 4.78 is 1.55. The maximum absolute atomic E-state index is 13.2. The molecule has 0 atom stereocenters. The van der Waals surface area contributed by atoms with Crippen LogP contribution < -0.4 is 15.4 Å². The summed E-state index contributed by atoms with van der Waals surface area (Å²) in [7, 11) is 1.73. The molecule has 34 heavy (non-hydrogen) atoms. The van der Waals surface area contributed by atoms with Crippen LogP contribution in [0.3, 0.4) is 0 Å². The Morgan fingerprint density at radius 2 is 1.76 bits per heavy atom. The smallest absolute Gasteiger partial charge is 0.294 e. The van der Waals surface area contributed by atoms with Gasteiger partial charge in [0.2, 0.25) is 5.91 Å². The maximum Gasteiger partial charge on any atom is 0.294 e. The topological polar surface area (TPSA) is 74.6 Å². The summed E-state index contributed by atoms with van der Waals surface area (Å²) in [5.41, 5.74) is 3.47. The molecule has 0 aliphatic carbocycles. The van der Waals surface area contributed by atoms with E-state index >= 15 is 0 Å². The highest BCUT2D eigenvalue weighted by Crippen LogP contribution is 2.27. The van der Waals surface area contributed by atoms with Gasteiger partial charge >= 0.3 is 0 Å². The predicted octanol–water partition coefficient (Wildman–Crippen LogP) is 2.86. The number of rotatable bonds is 3. The fourth-order valence-corrected chi connectivity index (χ4v) is 5.20. The monoisotopic (exact) mass is 480 g/mol. The summed E-state index contributed by atoms with van der Waals surface area (Å²) >= 11 is 6.20. The zero-order valence-corrected chi connectivity index (χ0v) is 20.3. The van der Waals surface area contributed by atoms with Crippen LogP contribution in [0, 0.1) is 12.8 Å². The number of anilines is 2. The Morgan fingerprint density at radius 1 is 1.03 bits per heavy atom. The summed E-state index contributed by atoms with van der Waals surface area (Å²) in [5, 5.41) is 0.734. The van der Waals surface area contributed by atoms with Crippen LogP contribution in [0.15, 0.2) is 41.3 Å². The highest BCUT2D eigenvalue weighted by molar-refractivity contribution is 6.30. The third-order valence-corrected chi connectivity index (χ3v) is 7.29. The van der Waals surface area contributed by atoms with Crippen LogP contribution in [-0.2, 0) is 11.8 Å².